The summed E-state index contributed by atoms with van der Waals surface area (Å²) >= 11 is 0. The molecule has 154 valence electrons. The van der Waals surface area contributed by atoms with E-state index in [0.717, 1.165) is 11.1 Å². The third-order valence-corrected chi connectivity index (χ3v) is 5.17. The Bertz CT molecular complexity index is 1140. The summed E-state index contributed by atoms with van der Waals surface area (Å²) < 4.78 is 5.90. The maximum atomic E-state index is 12.9. The van der Waals surface area contributed by atoms with Crippen molar-refractivity contribution in [3.63, 3.8) is 0 Å². The zero-order chi connectivity index (χ0) is 21.3. The highest BCUT2D eigenvalue weighted by Gasteiger charge is 2.28. The molecule has 1 aliphatic heterocycles. The Kier molecular flexibility index (Phi) is 5.31. The van der Waals surface area contributed by atoms with Crippen molar-refractivity contribution in [3.05, 3.63) is 69.5 Å². The van der Waals surface area contributed by atoms with Crippen LogP contribution in [-0.4, -0.2) is 43.4 Å². The van der Waals surface area contributed by atoms with Crippen molar-refractivity contribution in [2.45, 2.75) is 39.8 Å². The van der Waals surface area contributed by atoms with E-state index in [2.05, 4.69) is 19.9 Å². The van der Waals surface area contributed by atoms with Gasteiger partial charge in [0, 0.05) is 25.4 Å². The maximum absolute atomic E-state index is 12.9. The number of nitrogens with one attached hydrogen (secondary N) is 1. The molecule has 3 heterocycles. The van der Waals surface area contributed by atoms with Crippen molar-refractivity contribution >= 4 is 5.91 Å². The fourth-order valence-electron chi connectivity index (χ4n) is 3.59. The first kappa shape index (κ1) is 19.8. The first-order valence-electron chi connectivity index (χ1n) is 9.83. The van der Waals surface area contributed by atoms with E-state index in [-0.39, 0.29) is 18.0 Å². The van der Waals surface area contributed by atoms with Crippen molar-refractivity contribution in [1.82, 2.24) is 24.8 Å². The van der Waals surface area contributed by atoms with Gasteiger partial charge in [-0.15, -0.1) is 0 Å². The van der Waals surface area contributed by atoms with Gasteiger partial charge in [-0.05, 0) is 32.4 Å². The number of benzene rings is 1. The largest absolute Gasteiger partial charge is 0.481 e. The summed E-state index contributed by atoms with van der Waals surface area (Å²) in [7, 11) is 0. The number of carbonyl (C=O) groups is 1. The third kappa shape index (κ3) is 3.94. The van der Waals surface area contributed by atoms with Gasteiger partial charge < -0.3 is 14.6 Å². The normalized spacial score (nSPS) is 14.2. The molecule has 2 aromatic heterocycles. The van der Waals surface area contributed by atoms with Crippen LogP contribution in [0.5, 0.6) is 5.75 Å². The monoisotopic (exact) mass is 405 g/mol. The number of hydrogen-bond donors (Lipinski definition) is 1. The van der Waals surface area contributed by atoms with Crippen LogP contribution in [0.15, 0.2) is 41.6 Å². The number of hydrogen-bond acceptors (Lipinski definition) is 6. The molecule has 1 amide bonds. The molecule has 4 rings (SSSR count). The summed E-state index contributed by atoms with van der Waals surface area (Å²) in [6, 6.07) is 5.85. The van der Waals surface area contributed by atoms with Crippen LogP contribution < -0.4 is 10.3 Å². The number of ether oxygens (including phenoxy) is 1. The molecule has 1 unspecified atom stereocenters. The molecule has 0 radical (unpaired) electrons. The molecule has 0 aliphatic carbocycles. The van der Waals surface area contributed by atoms with E-state index in [4.69, 9.17) is 4.74 Å². The number of aryl methyl sites for hydroxylation is 2. The summed E-state index contributed by atoms with van der Waals surface area (Å²) in [5, 5.41) is 0. The summed E-state index contributed by atoms with van der Waals surface area (Å²) in [6.07, 6.45) is 4.50. The molecule has 8 heteroatoms. The topological polar surface area (TPSA) is 101 Å². The summed E-state index contributed by atoms with van der Waals surface area (Å²) in [5.41, 5.74) is 3.55. The highest BCUT2D eigenvalue weighted by molar-refractivity contribution is 5.81. The number of amides is 1. The minimum atomic E-state index is -0.654. The quantitative estimate of drug-likeness (QED) is 0.714. The van der Waals surface area contributed by atoms with E-state index in [9.17, 15) is 9.59 Å². The number of rotatable bonds is 4. The Balaban J connectivity index is 1.51. The number of aromatic amines is 1. The molecule has 1 N–H and O–H groups in total. The lowest BCUT2D eigenvalue weighted by Crippen LogP contribution is -2.45. The van der Waals surface area contributed by atoms with Crippen LogP contribution in [0, 0.1) is 13.8 Å². The first-order chi connectivity index (χ1) is 14.4. The highest BCUT2D eigenvalue weighted by atomic mass is 16.5. The predicted octanol–water partition coefficient (Wildman–Crippen LogP) is 2.20. The van der Waals surface area contributed by atoms with Gasteiger partial charge in [0.25, 0.3) is 11.5 Å². The number of fused-ring (bicyclic) bond motifs is 1. The third-order valence-electron chi connectivity index (χ3n) is 5.17. The number of aromatic nitrogens is 4. The van der Waals surface area contributed by atoms with Gasteiger partial charge >= 0.3 is 0 Å². The van der Waals surface area contributed by atoms with Crippen molar-refractivity contribution in [2.75, 3.05) is 6.54 Å². The highest BCUT2D eigenvalue weighted by Crippen LogP contribution is 2.22. The molecule has 1 atom stereocenters. The van der Waals surface area contributed by atoms with Crippen molar-refractivity contribution in [1.29, 1.82) is 0 Å². The molecule has 0 saturated carbocycles. The van der Waals surface area contributed by atoms with Gasteiger partial charge in [0.1, 0.15) is 11.4 Å². The van der Waals surface area contributed by atoms with Gasteiger partial charge in [-0.3, -0.25) is 14.6 Å². The zero-order valence-corrected chi connectivity index (χ0v) is 17.2. The van der Waals surface area contributed by atoms with Crippen LogP contribution in [-0.2, 0) is 17.8 Å². The lowest BCUT2D eigenvalue weighted by atomic mass is 10.1. The van der Waals surface area contributed by atoms with Crippen LogP contribution in [0.1, 0.15) is 29.3 Å². The average Bonchev–Trinajstić information content (AvgIpc) is 2.75. The number of H-pyrrole nitrogens is 1. The predicted molar refractivity (Wildman–Crippen MR) is 111 cm³/mol. The van der Waals surface area contributed by atoms with Crippen molar-refractivity contribution in [2.24, 2.45) is 0 Å². The molecule has 1 aromatic carbocycles. The Labute approximate surface area is 174 Å². The van der Waals surface area contributed by atoms with Gasteiger partial charge in [0.15, 0.2) is 11.9 Å². The van der Waals surface area contributed by atoms with E-state index in [1.807, 2.05) is 32.0 Å². The molecule has 0 saturated heterocycles. The fourth-order valence-corrected chi connectivity index (χ4v) is 3.59. The van der Waals surface area contributed by atoms with Crippen LogP contribution in [0.25, 0.3) is 11.5 Å². The molecule has 0 spiro atoms. The summed E-state index contributed by atoms with van der Waals surface area (Å²) in [4.78, 5) is 42.7. The molecular formula is C22H23N5O3. The molecular weight excluding hydrogens is 382 g/mol. The van der Waals surface area contributed by atoms with Gasteiger partial charge in [-0.25, -0.2) is 9.97 Å². The Morgan fingerprint density at radius 2 is 2.10 bits per heavy atom. The Morgan fingerprint density at radius 3 is 2.83 bits per heavy atom. The number of nitrogens with zero attached hydrogens (tertiary/aromatic N) is 4. The SMILES string of the molecule is Cc1ccc(OC(C)C(=O)N2CCc3nc(-c4cnccn4)[nH]c(=O)c3C2)c(C)c1. The van der Waals surface area contributed by atoms with Crippen molar-refractivity contribution < 1.29 is 9.53 Å². The summed E-state index contributed by atoms with van der Waals surface area (Å²) in [5.74, 6) is 0.920. The maximum Gasteiger partial charge on any atom is 0.263 e. The summed E-state index contributed by atoms with van der Waals surface area (Å²) in [6.45, 7) is 6.38. The van der Waals surface area contributed by atoms with E-state index in [0.29, 0.717) is 41.5 Å². The Morgan fingerprint density at radius 1 is 1.27 bits per heavy atom. The molecule has 0 fully saturated rings. The van der Waals surface area contributed by atoms with Crippen LogP contribution >= 0.6 is 0 Å². The second kappa shape index (κ2) is 8.06. The first-order valence-corrected chi connectivity index (χ1v) is 9.83. The lowest BCUT2D eigenvalue weighted by Gasteiger charge is -2.30. The van der Waals surface area contributed by atoms with Crippen LogP contribution in [0.3, 0.4) is 0 Å². The van der Waals surface area contributed by atoms with Gasteiger partial charge in [0.05, 0.1) is 24.0 Å². The fraction of sp³-hybridized carbons (Fsp3) is 0.318. The second-order valence-corrected chi connectivity index (χ2v) is 7.47. The second-order valence-electron chi connectivity index (χ2n) is 7.47. The van der Waals surface area contributed by atoms with E-state index >= 15 is 0 Å². The minimum Gasteiger partial charge on any atom is -0.481 e. The smallest absolute Gasteiger partial charge is 0.263 e. The van der Waals surface area contributed by atoms with E-state index < -0.39 is 6.10 Å². The van der Waals surface area contributed by atoms with Crippen LogP contribution in [0.4, 0.5) is 0 Å². The average molecular weight is 405 g/mol. The van der Waals surface area contributed by atoms with Gasteiger partial charge in [0.2, 0.25) is 0 Å². The zero-order valence-electron chi connectivity index (χ0n) is 17.2. The molecule has 0 bridgehead atoms. The van der Waals surface area contributed by atoms with Crippen LogP contribution in [0.2, 0.25) is 0 Å². The standard InChI is InChI=1S/C22H23N5O3/c1-13-4-5-19(14(2)10-13)30-15(3)22(29)27-9-6-17-16(12-27)21(28)26-20(25-17)18-11-23-7-8-24-18/h4-5,7-8,10-11,15H,6,9,12H2,1-3H3,(H,25,26,28). The molecule has 8 nitrogen and oxygen atoms in total. The molecule has 3 aromatic rings. The molecule has 1 aliphatic rings. The van der Waals surface area contributed by atoms with E-state index in [1.54, 1.807) is 30.4 Å². The van der Waals surface area contributed by atoms with Crippen molar-refractivity contribution in [3.8, 4) is 17.3 Å². The Hall–Kier alpha value is -3.55. The number of carbonyl (C=O) groups excluding carboxylic acids is 1. The lowest BCUT2D eigenvalue weighted by molar-refractivity contribution is -0.139. The molecule has 30 heavy (non-hydrogen) atoms. The van der Waals surface area contributed by atoms with Gasteiger partial charge in [-0.1, -0.05) is 17.7 Å². The van der Waals surface area contributed by atoms with Gasteiger partial charge in [-0.2, -0.15) is 0 Å². The minimum absolute atomic E-state index is 0.155. The van der Waals surface area contributed by atoms with E-state index in [1.165, 1.54) is 0 Å².